The fraction of sp³-hybridized carbons (Fsp3) is 0.500. The van der Waals surface area contributed by atoms with E-state index < -0.39 is 38.8 Å². The molecule has 31 heavy (non-hydrogen) atoms. The first-order valence-corrected chi connectivity index (χ1v) is 12.1. The summed E-state index contributed by atoms with van der Waals surface area (Å²) in [4.78, 5) is 12.2. The molecule has 1 aromatic heterocycles. The van der Waals surface area contributed by atoms with Crippen molar-refractivity contribution in [2.45, 2.75) is 43.6 Å². The highest BCUT2D eigenvalue weighted by Gasteiger charge is 2.21. The van der Waals surface area contributed by atoms with E-state index in [9.17, 15) is 26.7 Å². The molecule has 0 aliphatic heterocycles. The van der Waals surface area contributed by atoms with Gasteiger partial charge in [-0.1, -0.05) is 31.7 Å². The number of thioether (sulfide) groups is 1. The molecule has 0 fully saturated rings. The Labute approximate surface area is 183 Å². The van der Waals surface area contributed by atoms with Crippen molar-refractivity contribution in [1.29, 1.82) is 0 Å². The molecule has 2 aromatic rings. The highest BCUT2D eigenvalue weighted by Crippen LogP contribution is 2.35. The van der Waals surface area contributed by atoms with Gasteiger partial charge in [0.1, 0.15) is 0 Å². The van der Waals surface area contributed by atoms with Gasteiger partial charge in [-0.3, -0.25) is 4.72 Å². The number of nitrogens with one attached hydrogen (secondary N) is 2. The van der Waals surface area contributed by atoms with Crippen molar-refractivity contribution in [3.05, 3.63) is 35.1 Å². The molecule has 2 atom stereocenters. The lowest BCUT2D eigenvalue weighted by atomic mass is 10.0. The molecule has 1 heterocycles. The van der Waals surface area contributed by atoms with Crippen LogP contribution in [-0.2, 0) is 10.0 Å². The van der Waals surface area contributed by atoms with Crippen molar-refractivity contribution < 1.29 is 26.7 Å². The summed E-state index contributed by atoms with van der Waals surface area (Å²) in [5.41, 5.74) is -0.107. The van der Waals surface area contributed by atoms with Crippen LogP contribution in [0.25, 0.3) is 0 Å². The van der Waals surface area contributed by atoms with Crippen molar-refractivity contribution in [3.63, 3.8) is 0 Å². The maximum Gasteiger partial charge on any atom is 0.242 e. The van der Waals surface area contributed by atoms with E-state index >= 15 is 0 Å². The van der Waals surface area contributed by atoms with Crippen LogP contribution in [0.15, 0.2) is 17.3 Å². The second-order valence-electron chi connectivity index (χ2n) is 7.32. The van der Waals surface area contributed by atoms with E-state index in [0.717, 1.165) is 30.2 Å². The summed E-state index contributed by atoms with van der Waals surface area (Å²) in [6.45, 7) is 5.26. The minimum Gasteiger partial charge on any atom is -0.394 e. The van der Waals surface area contributed by atoms with Gasteiger partial charge in [0.2, 0.25) is 21.9 Å². The summed E-state index contributed by atoms with van der Waals surface area (Å²) in [6, 6.07) is 1.54. The third-order valence-electron chi connectivity index (χ3n) is 3.99. The zero-order chi connectivity index (χ0) is 23.3. The molecule has 0 spiro atoms. The van der Waals surface area contributed by atoms with E-state index in [1.165, 1.54) is 6.92 Å². The fourth-order valence-corrected chi connectivity index (χ4v) is 4.02. The number of hydrogen-bond donors (Lipinski definition) is 3. The van der Waals surface area contributed by atoms with Gasteiger partial charge in [-0.05, 0) is 25.3 Å². The molecule has 0 unspecified atom stereocenters. The number of anilines is 2. The zero-order valence-corrected chi connectivity index (χ0v) is 19.0. The maximum absolute atomic E-state index is 14.1. The molecule has 0 aliphatic carbocycles. The molecule has 13 heteroatoms. The Morgan fingerprint density at radius 2 is 1.71 bits per heavy atom. The molecule has 3 N–H and O–H groups in total. The van der Waals surface area contributed by atoms with Gasteiger partial charge in [0.25, 0.3) is 0 Å². The molecule has 1 aromatic carbocycles. The Kier molecular flexibility index (Phi) is 8.49. The van der Waals surface area contributed by atoms with Crippen LogP contribution in [0, 0.1) is 23.4 Å². The lowest BCUT2D eigenvalue weighted by Crippen LogP contribution is -2.27. The summed E-state index contributed by atoms with van der Waals surface area (Å²) in [7, 11) is -3.70. The van der Waals surface area contributed by atoms with E-state index in [1.807, 2.05) is 13.8 Å². The highest BCUT2D eigenvalue weighted by molar-refractivity contribution is 7.99. The minimum atomic E-state index is -3.70. The third-order valence-corrected chi connectivity index (χ3v) is 5.54. The monoisotopic (exact) mass is 479 g/mol. The highest BCUT2D eigenvalue weighted by atomic mass is 32.2. The molecule has 0 bridgehead atoms. The van der Waals surface area contributed by atoms with Crippen molar-refractivity contribution in [1.82, 2.24) is 15.0 Å². The lowest BCUT2D eigenvalue weighted by Gasteiger charge is -2.19. The standard InChI is InChI=1S/C18H24F3N5O3S2/c1-9(2)7-11(8-27)22-16-23-17(26-31(4,28)29)25-18(24-16)30-10(3)12-5-6-13(19)15(21)14(12)20/h5-6,9-11,27H,7-8H2,1-4H3,(H2,22,23,24,25,26)/t10-,11-/m1/s1. The van der Waals surface area contributed by atoms with Gasteiger partial charge >= 0.3 is 0 Å². The number of aliphatic hydroxyl groups is 1. The molecule has 2 rings (SSSR count). The van der Waals surface area contributed by atoms with Crippen molar-refractivity contribution in [2.24, 2.45) is 5.92 Å². The molecular formula is C18H24F3N5O3S2. The van der Waals surface area contributed by atoms with Gasteiger partial charge < -0.3 is 10.4 Å². The molecule has 0 saturated heterocycles. The van der Waals surface area contributed by atoms with Crippen molar-refractivity contribution in [2.75, 3.05) is 22.9 Å². The number of rotatable bonds is 10. The van der Waals surface area contributed by atoms with E-state index in [0.29, 0.717) is 6.42 Å². The van der Waals surface area contributed by atoms with Crippen LogP contribution in [-0.4, -0.2) is 47.4 Å². The Morgan fingerprint density at radius 3 is 2.29 bits per heavy atom. The normalized spacial score (nSPS) is 13.8. The number of benzene rings is 1. The quantitative estimate of drug-likeness (QED) is 0.351. The smallest absolute Gasteiger partial charge is 0.242 e. The van der Waals surface area contributed by atoms with Crippen LogP contribution in [0.5, 0.6) is 0 Å². The molecule has 172 valence electrons. The summed E-state index contributed by atoms with van der Waals surface area (Å²) >= 11 is 0.900. The Morgan fingerprint density at radius 1 is 1.06 bits per heavy atom. The fourth-order valence-electron chi connectivity index (χ4n) is 2.69. The predicted molar refractivity (Wildman–Crippen MR) is 113 cm³/mol. The van der Waals surface area contributed by atoms with Crippen LogP contribution in [0.2, 0.25) is 0 Å². The lowest BCUT2D eigenvalue weighted by molar-refractivity contribution is 0.259. The molecule has 0 amide bonds. The molecule has 8 nitrogen and oxygen atoms in total. The van der Waals surface area contributed by atoms with Gasteiger partial charge in [0, 0.05) is 10.8 Å². The topological polar surface area (TPSA) is 117 Å². The van der Waals surface area contributed by atoms with Crippen LogP contribution >= 0.6 is 11.8 Å². The van der Waals surface area contributed by atoms with E-state index in [-0.39, 0.29) is 35.1 Å². The number of sulfonamides is 1. The zero-order valence-electron chi connectivity index (χ0n) is 17.4. The number of halogens is 3. The Balaban J connectivity index is 2.36. The van der Waals surface area contributed by atoms with E-state index in [4.69, 9.17) is 0 Å². The van der Waals surface area contributed by atoms with Crippen LogP contribution in [0.4, 0.5) is 25.1 Å². The second-order valence-corrected chi connectivity index (χ2v) is 10.4. The average molecular weight is 480 g/mol. The second kappa shape index (κ2) is 10.5. The Bertz CT molecular complexity index is 1020. The number of hydrogen-bond acceptors (Lipinski definition) is 8. The van der Waals surface area contributed by atoms with Crippen molar-refractivity contribution >= 4 is 33.7 Å². The van der Waals surface area contributed by atoms with Crippen LogP contribution in [0.3, 0.4) is 0 Å². The summed E-state index contributed by atoms with van der Waals surface area (Å²) in [6.07, 6.45) is 1.52. The minimum absolute atomic E-state index is 0.00121. The van der Waals surface area contributed by atoms with Crippen molar-refractivity contribution in [3.8, 4) is 0 Å². The molecule has 0 saturated carbocycles. The van der Waals surface area contributed by atoms with Crippen LogP contribution < -0.4 is 10.0 Å². The summed E-state index contributed by atoms with van der Waals surface area (Å²) in [5.74, 6) is -4.22. The largest absolute Gasteiger partial charge is 0.394 e. The van der Waals surface area contributed by atoms with Gasteiger partial charge in [-0.25, -0.2) is 21.6 Å². The number of aliphatic hydroxyl groups excluding tert-OH is 1. The average Bonchev–Trinajstić information content (AvgIpc) is 2.63. The summed E-state index contributed by atoms with van der Waals surface area (Å²) in [5, 5.41) is 11.8. The first-order chi connectivity index (χ1) is 14.4. The van der Waals surface area contributed by atoms with Crippen LogP contribution in [0.1, 0.15) is 38.0 Å². The van der Waals surface area contributed by atoms with Gasteiger partial charge in [0.05, 0.1) is 18.9 Å². The van der Waals surface area contributed by atoms with Gasteiger partial charge in [0.15, 0.2) is 22.6 Å². The number of nitrogens with zero attached hydrogens (tertiary/aromatic N) is 3. The maximum atomic E-state index is 14.1. The number of aromatic nitrogens is 3. The van der Waals surface area contributed by atoms with E-state index in [2.05, 4.69) is 25.0 Å². The predicted octanol–water partition coefficient (Wildman–Crippen LogP) is 3.33. The third kappa shape index (κ3) is 7.51. The first-order valence-electron chi connectivity index (χ1n) is 9.31. The summed E-state index contributed by atoms with van der Waals surface area (Å²) < 4.78 is 66.3. The first kappa shape index (κ1) is 25.1. The molecule has 0 radical (unpaired) electrons. The Hall–Kier alpha value is -2.12. The van der Waals surface area contributed by atoms with E-state index in [1.54, 1.807) is 0 Å². The van der Waals surface area contributed by atoms with Gasteiger partial charge in [-0.15, -0.1) is 0 Å². The SMILES string of the molecule is CC(C)C[C@H](CO)Nc1nc(NS(C)(=O)=O)nc(S[C@H](C)c2ccc(F)c(F)c2F)n1. The molecular weight excluding hydrogens is 455 g/mol. The van der Waals surface area contributed by atoms with Gasteiger partial charge in [-0.2, -0.15) is 15.0 Å². The molecule has 0 aliphatic rings.